The molecule has 0 N–H and O–H groups in total. The van der Waals surface area contributed by atoms with Crippen LogP contribution in [0.5, 0.6) is 0 Å². The maximum Gasteiger partial charge on any atom is 0.00453 e. The minimum atomic E-state index is 0.492. The molecule has 1 aliphatic carbocycles. The van der Waals surface area contributed by atoms with Crippen molar-refractivity contribution >= 4 is 12.6 Å². The first kappa shape index (κ1) is 9.44. The van der Waals surface area contributed by atoms with Gasteiger partial charge >= 0.3 is 0 Å². The minimum absolute atomic E-state index is 0.492. The molecule has 0 saturated heterocycles. The van der Waals surface area contributed by atoms with E-state index in [2.05, 4.69) is 40.3 Å². The van der Waals surface area contributed by atoms with Gasteiger partial charge in [-0.3, -0.25) is 0 Å². The Bertz CT molecular complexity index is 124. The Balaban J connectivity index is 2.54. The Morgan fingerprint density at radius 3 is 1.91 bits per heavy atom. The third-order valence-electron chi connectivity index (χ3n) is 3.06. The lowest BCUT2D eigenvalue weighted by Crippen LogP contribution is -2.17. The molecule has 1 saturated carbocycles. The first-order valence-electron chi connectivity index (χ1n) is 4.59. The van der Waals surface area contributed by atoms with Crippen molar-refractivity contribution in [2.24, 2.45) is 17.3 Å². The Hall–Kier alpha value is 0.350. The molecule has 1 fully saturated rings. The highest BCUT2D eigenvalue weighted by Crippen LogP contribution is 2.43. The average molecular weight is 172 g/mol. The Morgan fingerprint density at radius 2 is 1.73 bits per heavy atom. The fourth-order valence-corrected chi connectivity index (χ4v) is 2.31. The first-order valence-corrected chi connectivity index (χ1v) is 5.11. The maximum atomic E-state index is 4.58. The van der Waals surface area contributed by atoms with Gasteiger partial charge in [-0.2, -0.15) is 12.6 Å². The van der Waals surface area contributed by atoms with E-state index in [1.54, 1.807) is 0 Å². The molecule has 0 heterocycles. The second kappa shape index (κ2) is 3.01. The molecule has 0 nitrogen and oxygen atoms in total. The molecule has 0 aromatic carbocycles. The highest BCUT2D eigenvalue weighted by Gasteiger charge is 2.35. The number of hydrogen-bond acceptors (Lipinski definition) is 1. The van der Waals surface area contributed by atoms with E-state index >= 15 is 0 Å². The van der Waals surface area contributed by atoms with E-state index in [0.717, 1.165) is 11.8 Å². The smallest absolute Gasteiger partial charge is 0.00453 e. The van der Waals surface area contributed by atoms with Gasteiger partial charge in [0.15, 0.2) is 0 Å². The van der Waals surface area contributed by atoms with Crippen molar-refractivity contribution < 1.29 is 0 Å². The van der Waals surface area contributed by atoms with E-state index in [1.807, 2.05) is 0 Å². The third-order valence-corrected chi connectivity index (χ3v) is 3.78. The van der Waals surface area contributed by atoms with Crippen LogP contribution in [0, 0.1) is 17.3 Å². The summed E-state index contributed by atoms with van der Waals surface area (Å²) in [5, 5.41) is 0.652. The van der Waals surface area contributed by atoms with E-state index in [9.17, 15) is 0 Å². The quantitative estimate of drug-likeness (QED) is 0.532. The predicted molar refractivity (Wildman–Crippen MR) is 54.1 cm³/mol. The van der Waals surface area contributed by atoms with Crippen LogP contribution in [0.1, 0.15) is 40.5 Å². The second-order valence-corrected chi connectivity index (χ2v) is 5.74. The summed E-state index contributed by atoms with van der Waals surface area (Å²) in [6.07, 6.45) is 2.69. The molecule has 0 amide bonds. The van der Waals surface area contributed by atoms with E-state index in [1.165, 1.54) is 12.8 Å². The van der Waals surface area contributed by atoms with Gasteiger partial charge in [-0.15, -0.1) is 0 Å². The van der Waals surface area contributed by atoms with E-state index in [0.29, 0.717) is 10.7 Å². The molecule has 3 atom stereocenters. The Morgan fingerprint density at radius 1 is 1.18 bits per heavy atom. The molecular formula is C10H20S. The predicted octanol–water partition coefficient (Wildman–Crippen LogP) is 3.38. The normalized spacial score (nSPS) is 39.5. The number of thiol groups is 1. The average Bonchev–Trinajstić information content (AvgIpc) is 2.11. The van der Waals surface area contributed by atoms with Crippen LogP contribution >= 0.6 is 12.6 Å². The minimum Gasteiger partial charge on any atom is -0.176 e. The fourth-order valence-electron chi connectivity index (χ4n) is 1.93. The second-order valence-electron chi connectivity index (χ2n) is 5.08. The van der Waals surface area contributed by atoms with Crippen LogP contribution in [0.3, 0.4) is 0 Å². The van der Waals surface area contributed by atoms with Crippen LogP contribution in [-0.2, 0) is 0 Å². The van der Waals surface area contributed by atoms with Crippen molar-refractivity contribution in [3.05, 3.63) is 0 Å². The molecule has 1 rings (SSSR count). The van der Waals surface area contributed by atoms with Crippen LogP contribution in [0.4, 0.5) is 0 Å². The largest absolute Gasteiger partial charge is 0.176 e. The van der Waals surface area contributed by atoms with Crippen LogP contribution < -0.4 is 0 Å². The summed E-state index contributed by atoms with van der Waals surface area (Å²) < 4.78 is 0. The highest BCUT2D eigenvalue weighted by molar-refractivity contribution is 7.81. The maximum absolute atomic E-state index is 4.58. The summed E-state index contributed by atoms with van der Waals surface area (Å²) in [5.41, 5.74) is 0.492. The molecular weight excluding hydrogens is 152 g/mol. The molecule has 0 spiro atoms. The standard InChI is InChI=1S/C10H20S/c1-7-5-8(6-9(7)11)10(2,3)4/h7-9,11H,5-6H2,1-4H3. The summed E-state index contributed by atoms with van der Waals surface area (Å²) in [7, 11) is 0. The lowest BCUT2D eigenvalue weighted by atomic mass is 9.79. The lowest BCUT2D eigenvalue weighted by molar-refractivity contribution is 0.241. The van der Waals surface area contributed by atoms with Gasteiger partial charge in [-0.05, 0) is 30.1 Å². The molecule has 11 heavy (non-hydrogen) atoms. The zero-order valence-electron chi connectivity index (χ0n) is 8.09. The molecule has 0 aromatic heterocycles. The molecule has 0 bridgehead atoms. The van der Waals surface area contributed by atoms with E-state index in [-0.39, 0.29) is 0 Å². The van der Waals surface area contributed by atoms with E-state index < -0.39 is 0 Å². The SMILES string of the molecule is CC1CC(C(C)(C)C)CC1S. The van der Waals surface area contributed by atoms with Crippen LogP contribution in [0.2, 0.25) is 0 Å². The van der Waals surface area contributed by atoms with E-state index in [4.69, 9.17) is 0 Å². The van der Waals surface area contributed by atoms with Crippen LogP contribution in [0.25, 0.3) is 0 Å². The van der Waals surface area contributed by atoms with Gasteiger partial charge in [-0.25, -0.2) is 0 Å². The zero-order chi connectivity index (χ0) is 8.65. The Kier molecular flexibility index (Phi) is 2.58. The summed E-state index contributed by atoms with van der Waals surface area (Å²) in [6, 6.07) is 0. The Labute approximate surface area is 76.2 Å². The van der Waals surface area contributed by atoms with Crippen molar-refractivity contribution in [1.29, 1.82) is 0 Å². The van der Waals surface area contributed by atoms with Crippen molar-refractivity contribution in [3.8, 4) is 0 Å². The molecule has 66 valence electrons. The van der Waals surface area contributed by atoms with Gasteiger partial charge in [0.1, 0.15) is 0 Å². The molecule has 0 aromatic rings. The zero-order valence-corrected chi connectivity index (χ0v) is 8.99. The molecule has 1 aliphatic rings. The fraction of sp³-hybridized carbons (Fsp3) is 1.00. The number of rotatable bonds is 0. The van der Waals surface area contributed by atoms with Gasteiger partial charge in [0.25, 0.3) is 0 Å². The van der Waals surface area contributed by atoms with Crippen molar-refractivity contribution in [3.63, 3.8) is 0 Å². The van der Waals surface area contributed by atoms with Crippen molar-refractivity contribution in [2.45, 2.75) is 45.8 Å². The van der Waals surface area contributed by atoms with Crippen molar-refractivity contribution in [2.75, 3.05) is 0 Å². The van der Waals surface area contributed by atoms with Crippen LogP contribution in [0.15, 0.2) is 0 Å². The monoisotopic (exact) mass is 172 g/mol. The highest BCUT2D eigenvalue weighted by atomic mass is 32.1. The summed E-state index contributed by atoms with van der Waals surface area (Å²) in [6.45, 7) is 9.35. The van der Waals surface area contributed by atoms with Gasteiger partial charge in [0.2, 0.25) is 0 Å². The van der Waals surface area contributed by atoms with Gasteiger partial charge in [0.05, 0.1) is 0 Å². The lowest BCUT2D eigenvalue weighted by Gasteiger charge is -2.26. The molecule has 1 heteroatoms. The topological polar surface area (TPSA) is 0 Å². The van der Waals surface area contributed by atoms with Gasteiger partial charge in [-0.1, -0.05) is 27.7 Å². The number of hydrogen-bond donors (Lipinski definition) is 1. The molecule has 0 aliphatic heterocycles. The third kappa shape index (κ3) is 2.14. The molecule has 3 unspecified atom stereocenters. The summed E-state index contributed by atoms with van der Waals surface area (Å²) >= 11 is 4.58. The first-order chi connectivity index (χ1) is 4.91. The molecule has 0 radical (unpaired) electrons. The van der Waals surface area contributed by atoms with Gasteiger partial charge in [0, 0.05) is 5.25 Å². The summed E-state index contributed by atoms with van der Waals surface area (Å²) in [4.78, 5) is 0. The summed E-state index contributed by atoms with van der Waals surface area (Å²) in [5.74, 6) is 1.71. The van der Waals surface area contributed by atoms with Gasteiger partial charge < -0.3 is 0 Å². The van der Waals surface area contributed by atoms with Crippen LogP contribution in [-0.4, -0.2) is 5.25 Å². The van der Waals surface area contributed by atoms with Crippen molar-refractivity contribution in [1.82, 2.24) is 0 Å².